The molecule has 18 heavy (non-hydrogen) atoms. The van der Waals surface area contributed by atoms with Crippen LogP contribution in [-0.2, 0) is 4.79 Å². The summed E-state index contributed by atoms with van der Waals surface area (Å²) < 4.78 is 0. The number of amides is 1. The molecule has 0 aliphatic rings. The normalized spacial score (nSPS) is 11.7. The zero-order valence-corrected chi connectivity index (χ0v) is 11.2. The molecule has 1 atom stereocenters. The van der Waals surface area contributed by atoms with Crippen molar-refractivity contribution in [3.63, 3.8) is 0 Å². The molecule has 1 aromatic rings. The molecule has 0 heterocycles. The minimum Gasteiger partial charge on any atom is -0.374 e. The maximum Gasteiger partial charge on any atom is 0.242 e. The van der Waals surface area contributed by atoms with Crippen LogP contribution in [0, 0.1) is 12.3 Å². The number of hydrogen-bond acceptors (Lipinski definition) is 2. The first kappa shape index (κ1) is 14.1. The molecule has 0 spiro atoms. The van der Waals surface area contributed by atoms with E-state index in [0.29, 0.717) is 5.92 Å². The van der Waals surface area contributed by atoms with Gasteiger partial charge in [-0.25, -0.2) is 0 Å². The Kier molecular flexibility index (Phi) is 5.26. The molecule has 1 rings (SSSR count). The Hall–Kier alpha value is -1.95. The Balaban J connectivity index is 2.73. The van der Waals surface area contributed by atoms with E-state index in [2.05, 4.69) is 36.5 Å². The molecule has 0 saturated carbocycles. The average Bonchev–Trinajstić information content (AvgIpc) is 2.36. The Morgan fingerprint density at radius 2 is 2.00 bits per heavy atom. The third-order valence-corrected chi connectivity index (χ3v) is 2.71. The third-order valence-electron chi connectivity index (χ3n) is 2.71. The van der Waals surface area contributed by atoms with Crippen LogP contribution < -0.4 is 10.6 Å². The van der Waals surface area contributed by atoms with E-state index < -0.39 is 0 Å². The number of para-hydroxylation sites is 1. The summed E-state index contributed by atoms with van der Waals surface area (Å²) in [5.41, 5.74) is 2.20. The van der Waals surface area contributed by atoms with Crippen molar-refractivity contribution in [2.24, 2.45) is 0 Å². The predicted octanol–water partition coefficient (Wildman–Crippen LogP) is 2.36. The quantitative estimate of drug-likeness (QED) is 0.781. The van der Waals surface area contributed by atoms with Crippen LogP contribution in [0.25, 0.3) is 0 Å². The average molecular weight is 244 g/mol. The highest BCUT2D eigenvalue weighted by Crippen LogP contribution is 2.24. The minimum absolute atomic E-state index is 0.0912. The highest BCUT2D eigenvalue weighted by Gasteiger charge is 2.14. The van der Waals surface area contributed by atoms with Gasteiger partial charge in [0, 0.05) is 5.69 Å². The van der Waals surface area contributed by atoms with Crippen LogP contribution in [0.15, 0.2) is 24.3 Å². The van der Waals surface area contributed by atoms with Gasteiger partial charge >= 0.3 is 0 Å². The Morgan fingerprint density at radius 1 is 1.33 bits per heavy atom. The topological polar surface area (TPSA) is 41.1 Å². The standard InChI is InChI=1S/C15H20N2O/c1-5-10-16-15(18)12(4)17-14-9-7-6-8-13(14)11(2)3/h1,6-9,11-12,17H,10H2,2-4H3,(H,16,18). The van der Waals surface area contributed by atoms with Crippen LogP contribution in [0.2, 0.25) is 0 Å². The van der Waals surface area contributed by atoms with Crippen molar-refractivity contribution in [3.8, 4) is 12.3 Å². The van der Waals surface area contributed by atoms with Crippen molar-refractivity contribution in [1.29, 1.82) is 0 Å². The van der Waals surface area contributed by atoms with E-state index in [9.17, 15) is 4.79 Å². The molecule has 0 aliphatic heterocycles. The van der Waals surface area contributed by atoms with Gasteiger partial charge in [-0.05, 0) is 24.5 Å². The van der Waals surface area contributed by atoms with E-state index in [1.165, 1.54) is 5.56 Å². The monoisotopic (exact) mass is 244 g/mol. The summed E-state index contributed by atoms with van der Waals surface area (Å²) in [6.07, 6.45) is 5.11. The highest BCUT2D eigenvalue weighted by atomic mass is 16.2. The number of anilines is 1. The second-order valence-corrected chi connectivity index (χ2v) is 4.53. The molecule has 2 N–H and O–H groups in total. The molecule has 0 radical (unpaired) electrons. The molecule has 0 bridgehead atoms. The molecule has 0 aromatic heterocycles. The molecule has 0 aliphatic carbocycles. The smallest absolute Gasteiger partial charge is 0.242 e. The molecular weight excluding hydrogens is 224 g/mol. The number of terminal acetylenes is 1. The molecule has 0 fully saturated rings. The van der Waals surface area contributed by atoms with E-state index in [4.69, 9.17) is 6.42 Å². The van der Waals surface area contributed by atoms with Crippen molar-refractivity contribution in [2.75, 3.05) is 11.9 Å². The van der Waals surface area contributed by atoms with E-state index in [1.807, 2.05) is 25.1 Å². The maximum atomic E-state index is 11.7. The van der Waals surface area contributed by atoms with Gasteiger partial charge in [0.2, 0.25) is 5.91 Å². The largest absolute Gasteiger partial charge is 0.374 e. The fourth-order valence-electron chi connectivity index (χ4n) is 1.72. The van der Waals surface area contributed by atoms with Gasteiger partial charge in [-0.3, -0.25) is 4.79 Å². The number of benzene rings is 1. The molecule has 1 amide bonds. The van der Waals surface area contributed by atoms with Crippen LogP contribution in [0.5, 0.6) is 0 Å². The summed E-state index contributed by atoms with van der Waals surface area (Å²) in [4.78, 5) is 11.7. The van der Waals surface area contributed by atoms with Crippen molar-refractivity contribution in [1.82, 2.24) is 5.32 Å². The van der Waals surface area contributed by atoms with Gasteiger partial charge in [-0.1, -0.05) is 38.0 Å². The van der Waals surface area contributed by atoms with Crippen LogP contribution in [0.4, 0.5) is 5.69 Å². The lowest BCUT2D eigenvalue weighted by atomic mass is 10.0. The molecule has 0 saturated heterocycles. The lowest BCUT2D eigenvalue weighted by molar-refractivity contribution is -0.121. The van der Waals surface area contributed by atoms with Gasteiger partial charge in [-0.15, -0.1) is 6.42 Å². The number of hydrogen-bond donors (Lipinski definition) is 2. The lowest BCUT2D eigenvalue weighted by Gasteiger charge is -2.19. The fraction of sp³-hybridized carbons (Fsp3) is 0.400. The first-order valence-electron chi connectivity index (χ1n) is 6.13. The summed E-state index contributed by atoms with van der Waals surface area (Å²) >= 11 is 0. The number of nitrogens with one attached hydrogen (secondary N) is 2. The summed E-state index contributed by atoms with van der Waals surface area (Å²) in [7, 11) is 0. The lowest BCUT2D eigenvalue weighted by Crippen LogP contribution is -2.37. The van der Waals surface area contributed by atoms with Crippen LogP contribution in [0.1, 0.15) is 32.3 Å². The van der Waals surface area contributed by atoms with E-state index in [0.717, 1.165) is 5.69 Å². The predicted molar refractivity (Wildman–Crippen MR) is 75.5 cm³/mol. The SMILES string of the molecule is C#CCNC(=O)C(C)Nc1ccccc1C(C)C. The number of carbonyl (C=O) groups excluding carboxylic acids is 1. The van der Waals surface area contributed by atoms with Gasteiger partial charge in [0.15, 0.2) is 0 Å². The number of rotatable bonds is 5. The summed E-state index contributed by atoms with van der Waals surface area (Å²) in [6, 6.07) is 7.71. The van der Waals surface area contributed by atoms with E-state index >= 15 is 0 Å². The van der Waals surface area contributed by atoms with E-state index in [1.54, 1.807) is 0 Å². The van der Waals surface area contributed by atoms with Crippen LogP contribution in [0.3, 0.4) is 0 Å². The first-order chi connectivity index (χ1) is 8.56. The van der Waals surface area contributed by atoms with E-state index in [-0.39, 0.29) is 18.5 Å². The first-order valence-corrected chi connectivity index (χ1v) is 6.13. The summed E-state index contributed by atoms with van der Waals surface area (Å²) in [5.74, 6) is 2.71. The number of carbonyl (C=O) groups is 1. The van der Waals surface area contributed by atoms with Crippen molar-refractivity contribution in [2.45, 2.75) is 32.7 Å². The molecule has 1 aromatic carbocycles. The Labute approximate surface area is 109 Å². The van der Waals surface area contributed by atoms with Crippen LogP contribution >= 0.6 is 0 Å². The van der Waals surface area contributed by atoms with Gasteiger partial charge in [0.05, 0.1) is 6.54 Å². The van der Waals surface area contributed by atoms with Crippen molar-refractivity contribution < 1.29 is 4.79 Å². The third kappa shape index (κ3) is 3.81. The zero-order chi connectivity index (χ0) is 13.5. The summed E-state index contributed by atoms with van der Waals surface area (Å²) in [5, 5.41) is 5.88. The molecule has 3 nitrogen and oxygen atoms in total. The Morgan fingerprint density at radius 3 is 2.61 bits per heavy atom. The molecule has 3 heteroatoms. The zero-order valence-electron chi connectivity index (χ0n) is 11.2. The minimum atomic E-state index is -0.307. The van der Waals surface area contributed by atoms with Crippen molar-refractivity contribution >= 4 is 11.6 Å². The maximum absolute atomic E-state index is 11.7. The van der Waals surface area contributed by atoms with Gasteiger partial charge in [0.1, 0.15) is 6.04 Å². The second-order valence-electron chi connectivity index (χ2n) is 4.53. The van der Waals surface area contributed by atoms with Gasteiger partial charge in [-0.2, -0.15) is 0 Å². The molecule has 1 unspecified atom stereocenters. The molecule has 96 valence electrons. The van der Waals surface area contributed by atoms with Gasteiger partial charge in [0.25, 0.3) is 0 Å². The second kappa shape index (κ2) is 6.70. The molecular formula is C15H20N2O. The highest BCUT2D eigenvalue weighted by molar-refractivity contribution is 5.84. The van der Waals surface area contributed by atoms with Crippen molar-refractivity contribution in [3.05, 3.63) is 29.8 Å². The Bertz CT molecular complexity index is 446. The fourth-order valence-corrected chi connectivity index (χ4v) is 1.72. The van der Waals surface area contributed by atoms with Crippen LogP contribution in [-0.4, -0.2) is 18.5 Å². The van der Waals surface area contributed by atoms with Gasteiger partial charge < -0.3 is 10.6 Å². The summed E-state index contributed by atoms with van der Waals surface area (Å²) in [6.45, 7) is 6.34.